The van der Waals surface area contributed by atoms with Crippen molar-refractivity contribution in [1.82, 2.24) is 0 Å². The van der Waals surface area contributed by atoms with Gasteiger partial charge in [0.05, 0.1) is 0 Å². The molecular formula is C18H20. The van der Waals surface area contributed by atoms with Gasteiger partial charge in [0.25, 0.3) is 0 Å². The van der Waals surface area contributed by atoms with E-state index in [2.05, 4.69) is 68.4 Å². The Kier molecular flexibility index (Phi) is 2.95. The highest BCUT2D eigenvalue weighted by atomic mass is 14.4. The minimum absolute atomic E-state index is 0.653. The largest absolute Gasteiger partial charge is 0.0622 e. The van der Waals surface area contributed by atoms with Gasteiger partial charge in [0.1, 0.15) is 0 Å². The summed E-state index contributed by atoms with van der Waals surface area (Å²) in [5, 5.41) is 0. The van der Waals surface area contributed by atoms with Crippen LogP contribution in [0.4, 0.5) is 0 Å². The summed E-state index contributed by atoms with van der Waals surface area (Å²) in [4.78, 5) is 0. The van der Waals surface area contributed by atoms with Crippen LogP contribution >= 0.6 is 0 Å². The average molecular weight is 236 g/mol. The topological polar surface area (TPSA) is 0 Å². The van der Waals surface area contributed by atoms with Crippen molar-refractivity contribution in [2.24, 2.45) is 5.92 Å². The van der Waals surface area contributed by atoms with Gasteiger partial charge in [-0.15, -0.1) is 0 Å². The molecule has 0 heterocycles. The maximum absolute atomic E-state index is 2.40. The average Bonchev–Trinajstić information content (AvgIpc) is 2.44. The summed E-state index contributed by atoms with van der Waals surface area (Å²) in [5.74, 6) is 2.03. The molecule has 0 bridgehead atoms. The molecule has 3 unspecified atom stereocenters. The van der Waals surface area contributed by atoms with E-state index in [0.29, 0.717) is 17.8 Å². The summed E-state index contributed by atoms with van der Waals surface area (Å²) in [6, 6.07) is 19.9. The van der Waals surface area contributed by atoms with Crippen molar-refractivity contribution in [2.75, 3.05) is 0 Å². The van der Waals surface area contributed by atoms with Gasteiger partial charge in [-0.05, 0) is 40.9 Å². The van der Waals surface area contributed by atoms with Crippen molar-refractivity contribution in [3.8, 4) is 0 Å². The Balaban J connectivity index is 2.01. The van der Waals surface area contributed by atoms with Crippen molar-refractivity contribution < 1.29 is 0 Å². The molecule has 0 amide bonds. The third-order valence-corrected chi connectivity index (χ3v) is 4.64. The van der Waals surface area contributed by atoms with Crippen LogP contribution in [0, 0.1) is 5.92 Å². The second kappa shape index (κ2) is 4.61. The van der Waals surface area contributed by atoms with Gasteiger partial charge in [0, 0.05) is 0 Å². The summed E-state index contributed by atoms with van der Waals surface area (Å²) in [6.45, 7) is 4.77. The summed E-state index contributed by atoms with van der Waals surface area (Å²) < 4.78 is 0. The van der Waals surface area contributed by atoms with E-state index in [4.69, 9.17) is 0 Å². The van der Waals surface area contributed by atoms with Crippen LogP contribution in [0.3, 0.4) is 0 Å². The molecule has 0 radical (unpaired) electrons. The summed E-state index contributed by atoms with van der Waals surface area (Å²) in [5.41, 5.74) is 4.58. The Morgan fingerprint density at radius 2 is 1.50 bits per heavy atom. The molecule has 2 aromatic rings. The van der Waals surface area contributed by atoms with Crippen LogP contribution in [-0.2, 0) is 6.42 Å². The minimum Gasteiger partial charge on any atom is -0.0622 e. The molecule has 0 saturated carbocycles. The van der Waals surface area contributed by atoms with E-state index in [1.807, 2.05) is 0 Å². The lowest BCUT2D eigenvalue weighted by Gasteiger charge is -2.36. The molecule has 2 aromatic carbocycles. The van der Waals surface area contributed by atoms with E-state index < -0.39 is 0 Å². The molecule has 0 spiro atoms. The first-order valence-electron chi connectivity index (χ1n) is 6.90. The second-order valence-corrected chi connectivity index (χ2v) is 5.57. The normalized spacial score (nSPS) is 26.7. The van der Waals surface area contributed by atoms with Gasteiger partial charge in [0.15, 0.2) is 0 Å². The fraction of sp³-hybridized carbons (Fsp3) is 0.333. The lowest BCUT2D eigenvalue weighted by atomic mass is 9.68. The van der Waals surface area contributed by atoms with E-state index >= 15 is 0 Å². The maximum Gasteiger partial charge on any atom is -0.00900 e. The Morgan fingerprint density at radius 3 is 2.28 bits per heavy atom. The van der Waals surface area contributed by atoms with Crippen molar-refractivity contribution in [3.63, 3.8) is 0 Å². The zero-order chi connectivity index (χ0) is 12.5. The first-order valence-corrected chi connectivity index (χ1v) is 6.90. The second-order valence-electron chi connectivity index (χ2n) is 5.57. The van der Waals surface area contributed by atoms with Crippen molar-refractivity contribution in [3.05, 3.63) is 71.3 Å². The molecule has 1 aliphatic rings. The van der Waals surface area contributed by atoms with Gasteiger partial charge in [-0.25, -0.2) is 0 Å². The Bertz CT molecular complexity index is 527. The number of benzene rings is 2. The Labute approximate surface area is 110 Å². The molecule has 18 heavy (non-hydrogen) atoms. The first-order chi connectivity index (χ1) is 8.77. The molecule has 0 saturated heterocycles. The zero-order valence-corrected chi connectivity index (χ0v) is 11.1. The van der Waals surface area contributed by atoms with Gasteiger partial charge in [0.2, 0.25) is 0 Å². The van der Waals surface area contributed by atoms with E-state index in [1.165, 1.54) is 17.5 Å². The molecule has 0 nitrogen and oxygen atoms in total. The van der Waals surface area contributed by atoms with Crippen molar-refractivity contribution in [2.45, 2.75) is 32.1 Å². The number of hydrogen-bond donors (Lipinski definition) is 0. The number of hydrogen-bond acceptors (Lipinski definition) is 0. The first kappa shape index (κ1) is 11.5. The molecule has 0 heteroatoms. The van der Waals surface area contributed by atoms with Gasteiger partial charge in [-0.1, -0.05) is 68.4 Å². The standard InChI is InChI=1S/C18H20/c1-13-14(2)18(15-8-4-3-5-9-15)12-16-10-6-7-11-17(13)16/h3-11,13-14,18H,12H2,1-2H3. The number of fused-ring (bicyclic) bond motifs is 1. The van der Waals surface area contributed by atoms with Crippen LogP contribution < -0.4 is 0 Å². The Hall–Kier alpha value is -1.56. The van der Waals surface area contributed by atoms with E-state index in [9.17, 15) is 0 Å². The monoisotopic (exact) mass is 236 g/mol. The van der Waals surface area contributed by atoms with Gasteiger partial charge >= 0.3 is 0 Å². The van der Waals surface area contributed by atoms with Gasteiger partial charge in [-0.2, -0.15) is 0 Å². The molecule has 92 valence electrons. The van der Waals surface area contributed by atoms with Crippen LogP contribution in [0.2, 0.25) is 0 Å². The fourth-order valence-electron chi connectivity index (χ4n) is 3.34. The van der Waals surface area contributed by atoms with Gasteiger partial charge in [-0.3, -0.25) is 0 Å². The molecule has 3 rings (SSSR count). The van der Waals surface area contributed by atoms with Crippen molar-refractivity contribution >= 4 is 0 Å². The highest BCUT2D eigenvalue weighted by molar-refractivity contribution is 5.37. The van der Waals surface area contributed by atoms with Crippen LogP contribution in [0.5, 0.6) is 0 Å². The molecule has 0 aliphatic heterocycles. The fourth-order valence-corrected chi connectivity index (χ4v) is 3.34. The minimum atomic E-state index is 0.653. The van der Waals surface area contributed by atoms with Crippen molar-refractivity contribution in [1.29, 1.82) is 0 Å². The molecule has 0 fully saturated rings. The zero-order valence-electron chi connectivity index (χ0n) is 11.1. The highest BCUT2D eigenvalue weighted by Gasteiger charge is 2.31. The van der Waals surface area contributed by atoms with Crippen LogP contribution in [0.25, 0.3) is 0 Å². The molecule has 3 atom stereocenters. The van der Waals surface area contributed by atoms with E-state index in [1.54, 1.807) is 5.56 Å². The molecule has 1 aliphatic carbocycles. The van der Waals surface area contributed by atoms with Crippen LogP contribution in [-0.4, -0.2) is 0 Å². The predicted molar refractivity (Wildman–Crippen MR) is 76.9 cm³/mol. The lowest BCUT2D eigenvalue weighted by Crippen LogP contribution is -2.24. The third-order valence-electron chi connectivity index (χ3n) is 4.64. The Morgan fingerprint density at radius 1 is 0.833 bits per heavy atom. The predicted octanol–water partition coefficient (Wildman–Crippen LogP) is 4.77. The molecular weight excluding hydrogens is 216 g/mol. The smallest absolute Gasteiger partial charge is 0.00900 e. The molecule has 0 aromatic heterocycles. The third kappa shape index (κ3) is 1.86. The number of rotatable bonds is 1. The van der Waals surface area contributed by atoms with E-state index in [0.717, 1.165) is 0 Å². The SMILES string of the molecule is CC1c2ccccc2CC(c2ccccc2)C1C. The summed E-state index contributed by atoms with van der Waals surface area (Å²) in [7, 11) is 0. The summed E-state index contributed by atoms with van der Waals surface area (Å²) in [6.07, 6.45) is 1.19. The van der Waals surface area contributed by atoms with E-state index in [-0.39, 0.29) is 0 Å². The summed E-state index contributed by atoms with van der Waals surface area (Å²) >= 11 is 0. The quantitative estimate of drug-likeness (QED) is 0.669. The van der Waals surface area contributed by atoms with Gasteiger partial charge < -0.3 is 0 Å². The van der Waals surface area contributed by atoms with Crippen LogP contribution in [0.15, 0.2) is 54.6 Å². The maximum atomic E-state index is 2.40. The lowest BCUT2D eigenvalue weighted by molar-refractivity contribution is 0.369. The molecule has 0 N–H and O–H groups in total. The highest BCUT2D eigenvalue weighted by Crippen LogP contribution is 2.43. The van der Waals surface area contributed by atoms with Crippen LogP contribution in [0.1, 0.15) is 42.4 Å².